The Bertz CT molecular complexity index is 904. The van der Waals surface area contributed by atoms with Crippen LogP contribution in [0.2, 0.25) is 10.0 Å². The SMILES string of the molecule is CC(C)(C)c1ccc2[nH]c(-c3ccc(Cl)cc3Cl)c(C=O)c2c1. The lowest BCUT2D eigenvalue weighted by Crippen LogP contribution is -2.10. The summed E-state index contributed by atoms with van der Waals surface area (Å²) in [7, 11) is 0. The number of aromatic nitrogens is 1. The summed E-state index contributed by atoms with van der Waals surface area (Å²) in [6.07, 6.45) is 0.880. The van der Waals surface area contributed by atoms with E-state index in [0.717, 1.165) is 28.4 Å². The van der Waals surface area contributed by atoms with Gasteiger partial charge in [-0.1, -0.05) is 50.0 Å². The number of hydrogen-bond acceptors (Lipinski definition) is 1. The van der Waals surface area contributed by atoms with Gasteiger partial charge in [0.25, 0.3) is 0 Å². The minimum Gasteiger partial charge on any atom is -0.354 e. The van der Waals surface area contributed by atoms with E-state index < -0.39 is 0 Å². The number of fused-ring (bicyclic) bond motifs is 1. The normalized spacial score (nSPS) is 11.9. The molecule has 23 heavy (non-hydrogen) atoms. The van der Waals surface area contributed by atoms with Crippen LogP contribution in [0.4, 0.5) is 0 Å². The van der Waals surface area contributed by atoms with E-state index in [1.165, 1.54) is 5.56 Å². The second-order valence-electron chi connectivity index (χ2n) is 6.67. The maximum absolute atomic E-state index is 11.7. The van der Waals surface area contributed by atoms with E-state index in [0.29, 0.717) is 15.6 Å². The van der Waals surface area contributed by atoms with E-state index in [-0.39, 0.29) is 5.41 Å². The molecule has 1 aromatic heterocycles. The Morgan fingerprint density at radius 2 is 1.78 bits per heavy atom. The van der Waals surface area contributed by atoms with Gasteiger partial charge in [0.1, 0.15) is 0 Å². The van der Waals surface area contributed by atoms with Crippen LogP contribution in [-0.4, -0.2) is 11.3 Å². The molecule has 0 amide bonds. The molecule has 0 bridgehead atoms. The van der Waals surface area contributed by atoms with Gasteiger partial charge in [-0.3, -0.25) is 4.79 Å². The van der Waals surface area contributed by atoms with Gasteiger partial charge in [-0.2, -0.15) is 0 Å². The third kappa shape index (κ3) is 2.89. The molecule has 2 nitrogen and oxygen atoms in total. The molecule has 0 aliphatic carbocycles. The summed E-state index contributed by atoms with van der Waals surface area (Å²) < 4.78 is 0. The Labute approximate surface area is 145 Å². The Morgan fingerprint density at radius 1 is 1.04 bits per heavy atom. The first-order valence-electron chi connectivity index (χ1n) is 7.38. The summed E-state index contributed by atoms with van der Waals surface area (Å²) in [5.74, 6) is 0. The van der Waals surface area contributed by atoms with Crippen LogP contribution in [0.5, 0.6) is 0 Å². The summed E-state index contributed by atoms with van der Waals surface area (Å²) >= 11 is 12.3. The molecule has 118 valence electrons. The van der Waals surface area contributed by atoms with Crippen molar-refractivity contribution in [2.45, 2.75) is 26.2 Å². The molecule has 1 N–H and O–H groups in total. The molecule has 3 rings (SSSR count). The first-order chi connectivity index (χ1) is 10.8. The van der Waals surface area contributed by atoms with E-state index in [4.69, 9.17) is 23.2 Å². The number of hydrogen-bond donors (Lipinski definition) is 1. The van der Waals surface area contributed by atoms with Crippen molar-refractivity contribution in [2.75, 3.05) is 0 Å². The highest BCUT2D eigenvalue weighted by molar-refractivity contribution is 6.36. The average Bonchev–Trinajstić information content (AvgIpc) is 2.83. The zero-order valence-corrected chi connectivity index (χ0v) is 14.7. The minimum atomic E-state index is 0.0176. The third-order valence-corrected chi connectivity index (χ3v) is 4.57. The zero-order chi connectivity index (χ0) is 16.8. The predicted octanol–water partition coefficient (Wildman–Crippen LogP) is 6.25. The molecule has 0 aliphatic rings. The highest BCUT2D eigenvalue weighted by Crippen LogP contribution is 2.36. The second kappa shape index (κ2) is 5.70. The molecular formula is C19H17Cl2NO. The van der Waals surface area contributed by atoms with Crippen molar-refractivity contribution in [2.24, 2.45) is 0 Å². The van der Waals surface area contributed by atoms with Crippen LogP contribution in [0.25, 0.3) is 22.2 Å². The number of carbonyl (C=O) groups is 1. The summed E-state index contributed by atoms with van der Waals surface area (Å²) in [5.41, 5.74) is 4.23. The molecule has 0 unspecified atom stereocenters. The van der Waals surface area contributed by atoms with E-state index in [1.54, 1.807) is 12.1 Å². The fourth-order valence-electron chi connectivity index (χ4n) is 2.71. The van der Waals surface area contributed by atoms with Crippen molar-refractivity contribution in [3.8, 4) is 11.3 Å². The second-order valence-corrected chi connectivity index (χ2v) is 7.51. The lowest BCUT2D eigenvalue weighted by atomic mass is 9.86. The quantitative estimate of drug-likeness (QED) is 0.547. The van der Waals surface area contributed by atoms with Gasteiger partial charge in [0, 0.05) is 27.1 Å². The van der Waals surface area contributed by atoms with Crippen LogP contribution >= 0.6 is 23.2 Å². The van der Waals surface area contributed by atoms with Crippen LogP contribution in [0, 0.1) is 0 Å². The van der Waals surface area contributed by atoms with E-state index in [9.17, 15) is 4.79 Å². The third-order valence-electron chi connectivity index (χ3n) is 4.02. The molecule has 0 radical (unpaired) electrons. The Hall–Kier alpha value is -1.77. The van der Waals surface area contributed by atoms with Gasteiger partial charge in [0.2, 0.25) is 0 Å². The van der Waals surface area contributed by atoms with E-state index >= 15 is 0 Å². The molecule has 3 aromatic rings. The van der Waals surface area contributed by atoms with Crippen LogP contribution in [0.1, 0.15) is 36.7 Å². The lowest BCUT2D eigenvalue weighted by molar-refractivity contribution is 0.112. The van der Waals surface area contributed by atoms with E-state index in [2.05, 4.69) is 37.9 Å². The number of aromatic amines is 1. The fourth-order valence-corrected chi connectivity index (χ4v) is 3.21. The van der Waals surface area contributed by atoms with Crippen molar-refractivity contribution in [3.05, 3.63) is 57.6 Å². The van der Waals surface area contributed by atoms with Gasteiger partial charge < -0.3 is 4.98 Å². The van der Waals surface area contributed by atoms with Gasteiger partial charge >= 0.3 is 0 Å². The van der Waals surface area contributed by atoms with Crippen LogP contribution in [0.15, 0.2) is 36.4 Å². The van der Waals surface area contributed by atoms with Gasteiger partial charge in [-0.25, -0.2) is 0 Å². The number of rotatable bonds is 2. The summed E-state index contributed by atoms with van der Waals surface area (Å²) in [5, 5.41) is 1.99. The smallest absolute Gasteiger partial charge is 0.152 e. The van der Waals surface area contributed by atoms with Gasteiger partial charge in [0.15, 0.2) is 6.29 Å². The van der Waals surface area contributed by atoms with Crippen molar-refractivity contribution in [3.63, 3.8) is 0 Å². The van der Waals surface area contributed by atoms with Gasteiger partial charge in [0.05, 0.1) is 10.7 Å². The Morgan fingerprint density at radius 3 is 2.39 bits per heavy atom. The maximum Gasteiger partial charge on any atom is 0.152 e. The highest BCUT2D eigenvalue weighted by atomic mass is 35.5. The zero-order valence-electron chi connectivity index (χ0n) is 13.2. The number of aldehydes is 1. The minimum absolute atomic E-state index is 0.0176. The van der Waals surface area contributed by atoms with Gasteiger partial charge in [-0.05, 0) is 41.3 Å². The Kier molecular flexibility index (Phi) is 3.99. The average molecular weight is 346 g/mol. The Balaban J connectivity index is 2.28. The standard InChI is InChI=1S/C19H17Cl2NO/c1-19(2,3)11-4-7-17-14(8-11)15(10-23)18(22-17)13-6-5-12(20)9-16(13)21/h4-10,22H,1-3H3. The molecule has 2 aromatic carbocycles. The van der Waals surface area contributed by atoms with Gasteiger partial charge in [-0.15, -0.1) is 0 Å². The number of benzene rings is 2. The number of halogens is 2. The van der Waals surface area contributed by atoms with Crippen LogP contribution < -0.4 is 0 Å². The first kappa shape index (κ1) is 16.1. The topological polar surface area (TPSA) is 32.9 Å². The molecule has 0 spiro atoms. The largest absolute Gasteiger partial charge is 0.354 e. The first-order valence-corrected chi connectivity index (χ1v) is 8.13. The molecule has 4 heteroatoms. The number of carbonyl (C=O) groups excluding carboxylic acids is 1. The maximum atomic E-state index is 11.7. The summed E-state index contributed by atoms with van der Waals surface area (Å²) in [4.78, 5) is 15.0. The molecule has 0 aliphatic heterocycles. The van der Waals surface area contributed by atoms with Crippen molar-refractivity contribution >= 4 is 40.4 Å². The number of H-pyrrole nitrogens is 1. The molecular weight excluding hydrogens is 329 g/mol. The molecule has 0 saturated carbocycles. The highest BCUT2D eigenvalue weighted by Gasteiger charge is 2.19. The van der Waals surface area contributed by atoms with Crippen molar-refractivity contribution in [1.29, 1.82) is 0 Å². The summed E-state index contributed by atoms with van der Waals surface area (Å²) in [6, 6.07) is 11.4. The monoisotopic (exact) mass is 345 g/mol. The molecule has 1 heterocycles. The lowest BCUT2D eigenvalue weighted by Gasteiger charge is -2.18. The predicted molar refractivity (Wildman–Crippen MR) is 97.8 cm³/mol. The molecule has 0 saturated heterocycles. The van der Waals surface area contributed by atoms with Crippen LogP contribution in [-0.2, 0) is 5.41 Å². The van der Waals surface area contributed by atoms with Crippen molar-refractivity contribution < 1.29 is 4.79 Å². The molecule has 0 fully saturated rings. The fraction of sp³-hybridized carbons (Fsp3) is 0.211. The van der Waals surface area contributed by atoms with E-state index in [1.807, 2.05) is 12.1 Å². The van der Waals surface area contributed by atoms with Crippen LogP contribution in [0.3, 0.4) is 0 Å². The molecule has 0 atom stereocenters. The number of nitrogens with one attached hydrogen (secondary N) is 1. The van der Waals surface area contributed by atoms with Crippen molar-refractivity contribution in [1.82, 2.24) is 4.98 Å². The summed E-state index contributed by atoms with van der Waals surface area (Å²) in [6.45, 7) is 6.45.